The van der Waals surface area contributed by atoms with Crippen LogP contribution in [0.3, 0.4) is 0 Å². The average Bonchev–Trinajstić information content (AvgIpc) is 3.50. The highest BCUT2D eigenvalue weighted by atomic mass is 32.1. The van der Waals surface area contributed by atoms with E-state index in [2.05, 4.69) is 49.9 Å². The maximum absolute atomic E-state index is 11.9. The second kappa shape index (κ2) is 22.9. The summed E-state index contributed by atoms with van der Waals surface area (Å²) >= 11 is 1.57. The van der Waals surface area contributed by atoms with Crippen LogP contribution >= 0.6 is 11.3 Å². The third-order valence-electron chi connectivity index (χ3n) is 6.36. The molecule has 1 atom stereocenters. The first-order chi connectivity index (χ1) is 22.4. The van der Waals surface area contributed by atoms with Gasteiger partial charge in [0.1, 0.15) is 22.7 Å². The Labute approximate surface area is 283 Å². The highest BCUT2D eigenvalue weighted by molar-refractivity contribution is 7.15. The maximum atomic E-state index is 11.9. The van der Waals surface area contributed by atoms with Crippen LogP contribution in [0.15, 0.2) is 78.3 Å². The van der Waals surface area contributed by atoms with Gasteiger partial charge in [0.05, 0.1) is 6.42 Å². The molecule has 3 aromatic rings. The lowest BCUT2D eigenvalue weighted by molar-refractivity contribution is -0.138. The van der Waals surface area contributed by atoms with E-state index < -0.39 is 0 Å². The predicted octanol–water partition coefficient (Wildman–Crippen LogP) is 4.96. The molecule has 0 bridgehead atoms. The number of carbonyl (C=O) groups excluding carboxylic acids is 3. The summed E-state index contributed by atoms with van der Waals surface area (Å²) in [7, 11) is 3.76. The Morgan fingerprint density at radius 1 is 0.979 bits per heavy atom. The summed E-state index contributed by atoms with van der Waals surface area (Å²) in [6, 6.07) is 17.9. The molecule has 1 amide bonds. The number of aromatic nitrogens is 2. The number of hydrogen-bond donors (Lipinski definition) is 5. The molecule has 7 N–H and O–H groups in total. The molecule has 2 aromatic carbocycles. The van der Waals surface area contributed by atoms with E-state index in [1.807, 2.05) is 77.3 Å². The SMILES string of the molecule is CC(C)(C)OC=O.CNC(C)c1cccc(CC=O)c1.CNc1nnc(CCCC/C(N)=C/C=C(\N)NC(=O)Cc2ccccc2)s1. The second-order valence-corrected chi connectivity index (χ2v) is 12.5. The first kappa shape index (κ1) is 40.5. The van der Waals surface area contributed by atoms with Gasteiger partial charge >= 0.3 is 0 Å². The molecule has 0 saturated heterocycles. The van der Waals surface area contributed by atoms with Crippen molar-refractivity contribution >= 4 is 35.1 Å². The highest BCUT2D eigenvalue weighted by Gasteiger charge is 2.08. The zero-order valence-corrected chi connectivity index (χ0v) is 29.2. The lowest BCUT2D eigenvalue weighted by atomic mass is 10.0. The summed E-state index contributed by atoms with van der Waals surface area (Å²) in [5.74, 6) is 0.132. The van der Waals surface area contributed by atoms with Crippen LogP contribution in [0.2, 0.25) is 0 Å². The van der Waals surface area contributed by atoms with Crippen molar-refractivity contribution in [2.24, 2.45) is 11.5 Å². The summed E-state index contributed by atoms with van der Waals surface area (Å²) in [5.41, 5.74) is 15.5. The fraction of sp³-hybridized carbons (Fsp3) is 0.400. The molecule has 0 radical (unpaired) electrons. The molecule has 0 aliphatic rings. The summed E-state index contributed by atoms with van der Waals surface area (Å²) in [5, 5.41) is 18.8. The third-order valence-corrected chi connectivity index (χ3v) is 7.36. The quantitative estimate of drug-likeness (QED) is 0.0848. The first-order valence-corrected chi connectivity index (χ1v) is 16.3. The van der Waals surface area contributed by atoms with E-state index in [0.29, 0.717) is 18.9 Å². The van der Waals surface area contributed by atoms with Gasteiger partial charge in [0.15, 0.2) is 0 Å². The zero-order valence-electron chi connectivity index (χ0n) is 28.4. The molecule has 1 aromatic heterocycles. The monoisotopic (exact) mass is 665 g/mol. The van der Waals surface area contributed by atoms with Crippen molar-refractivity contribution in [1.82, 2.24) is 20.8 Å². The molecule has 3 rings (SSSR count). The molecular formula is C35H51N7O4S. The van der Waals surface area contributed by atoms with Crippen LogP contribution in [0.1, 0.15) is 74.7 Å². The Balaban J connectivity index is 0.000000454. The molecule has 0 aliphatic carbocycles. The van der Waals surface area contributed by atoms with Crippen LogP contribution in [-0.2, 0) is 38.4 Å². The number of nitrogens with one attached hydrogen (secondary N) is 3. The number of unbranched alkanes of at least 4 members (excludes halogenated alkanes) is 1. The molecule has 12 heteroatoms. The van der Waals surface area contributed by atoms with Crippen molar-refractivity contribution < 1.29 is 19.1 Å². The summed E-state index contributed by atoms with van der Waals surface area (Å²) in [6.45, 7) is 8.02. The lowest BCUT2D eigenvalue weighted by Gasteiger charge is -2.14. The number of aldehydes is 1. The Bertz CT molecular complexity index is 1400. The average molecular weight is 666 g/mol. The van der Waals surface area contributed by atoms with Gasteiger partial charge in [-0.3, -0.25) is 9.59 Å². The molecular weight excluding hydrogens is 614 g/mol. The van der Waals surface area contributed by atoms with Crippen molar-refractivity contribution in [3.8, 4) is 0 Å². The van der Waals surface area contributed by atoms with Crippen molar-refractivity contribution in [1.29, 1.82) is 0 Å². The van der Waals surface area contributed by atoms with Gasteiger partial charge in [-0.2, -0.15) is 0 Å². The molecule has 1 heterocycles. The van der Waals surface area contributed by atoms with E-state index in [0.717, 1.165) is 58.9 Å². The normalized spacial score (nSPS) is 12.0. The molecule has 47 heavy (non-hydrogen) atoms. The molecule has 1 unspecified atom stereocenters. The Hall–Kier alpha value is -4.55. The number of rotatable bonds is 15. The van der Waals surface area contributed by atoms with Crippen molar-refractivity contribution in [2.75, 3.05) is 19.4 Å². The van der Waals surface area contributed by atoms with Crippen LogP contribution in [0, 0.1) is 0 Å². The smallest absolute Gasteiger partial charge is 0.293 e. The number of nitrogens with two attached hydrogens (primary N) is 2. The largest absolute Gasteiger partial charge is 0.462 e. The summed E-state index contributed by atoms with van der Waals surface area (Å²) in [4.78, 5) is 31.8. The van der Waals surface area contributed by atoms with Crippen LogP contribution in [-0.4, -0.2) is 48.6 Å². The van der Waals surface area contributed by atoms with E-state index in [1.165, 1.54) is 5.56 Å². The number of amides is 1. The van der Waals surface area contributed by atoms with Crippen LogP contribution in [0.5, 0.6) is 0 Å². The van der Waals surface area contributed by atoms with E-state index in [-0.39, 0.29) is 23.8 Å². The number of allylic oxidation sites excluding steroid dienone is 3. The van der Waals surface area contributed by atoms with E-state index >= 15 is 0 Å². The Morgan fingerprint density at radius 3 is 2.26 bits per heavy atom. The number of ether oxygens (including phenoxy) is 1. The number of benzene rings is 2. The van der Waals surface area contributed by atoms with E-state index in [1.54, 1.807) is 23.5 Å². The molecule has 11 nitrogen and oxygen atoms in total. The van der Waals surface area contributed by atoms with Crippen molar-refractivity contribution in [2.45, 2.75) is 77.9 Å². The standard InChI is InChI=1S/C19H26N6OS.C11H15NO.C5H10O2/c1-22-19-25-24-18(27-19)10-6-5-9-15(20)11-12-16(21)23-17(26)13-14-7-3-2-4-8-14;1-9(12-2)11-5-3-4-10(8-11)6-7-13;1-5(2,3)7-4-6/h2-4,7-8,11-12H,5-6,9-10,13,20-21H2,1H3,(H,22,25)(H,23,26);3-5,7-9,12H,6H2,1-2H3;4H,1-3H3/b15-11-,16-12+;;. The molecule has 0 spiro atoms. The number of aryl methyl sites for hydroxylation is 1. The molecule has 0 aliphatic heterocycles. The molecule has 256 valence electrons. The van der Waals surface area contributed by atoms with Gasteiger partial charge in [-0.25, -0.2) is 0 Å². The maximum Gasteiger partial charge on any atom is 0.293 e. The van der Waals surface area contributed by atoms with Crippen molar-refractivity contribution in [3.05, 3.63) is 100.0 Å². The number of hydrogen-bond acceptors (Lipinski definition) is 11. The van der Waals surface area contributed by atoms with Crippen LogP contribution in [0.25, 0.3) is 0 Å². The van der Waals surface area contributed by atoms with E-state index in [4.69, 9.17) is 11.5 Å². The topological polar surface area (TPSA) is 174 Å². The van der Waals surface area contributed by atoms with Crippen molar-refractivity contribution in [3.63, 3.8) is 0 Å². The van der Waals surface area contributed by atoms with Gasteiger partial charge < -0.3 is 36.9 Å². The molecule has 0 saturated carbocycles. The lowest BCUT2D eigenvalue weighted by Crippen LogP contribution is -2.28. The Kier molecular flexibility index (Phi) is 19.7. The van der Waals surface area contributed by atoms with Gasteiger partial charge in [0.25, 0.3) is 6.47 Å². The predicted molar refractivity (Wildman–Crippen MR) is 190 cm³/mol. The minimum Gasteiger partial charge on any atom is -0.462 e. The summed E-state index contributed by atoms with van der Waals surface area (Å²) in [6.07, 6.45) is 8.68. The minimum atomic E-state index is -0.318. The fourth-order valence-electron chi connectivity index (χ4n) is 3.77. The fourth-order valence-corrected chi connectivity index (χ4v) is 4.50. The summed E-state index contributed by atoms with van der Waals surface area (Å²) < 4.78 is 4.55. The van der Waals surface area contributed by atoms with E-state index in [9.17, 15) is 14.4 Å². The van der Waals surface area contributed by atoms with Gasteiger partial charge in [-0.05, 0) is 82.8 Å². The third kappa shape index (κ3) is 19.5. The highest BCUT2D eigenvalue weighted by Crippen LogP contribution is 2.17. The van der Waals surface area contributed by atoms with Gasteiger partial charge in [-0.15, -0.1) is 10.2 Å². The number of anilines is 1. The van der Waals surface area contributed by atoms with Gasteiger partial charge in [0, 0.05) is 31.6 Å². The van der Waals surface area contributed by atoms with Crippen LogP contribution in [0.4, 0.5) is 5.13 Å². The number of carbonyl (C=O) groups is 3. The molecule has 0 fully saturated rings. The Morgan fingerprint density at radius 2 is 1.68 bits per heavy atom. The van der Waals surface area contributed by atoms with Gasteiger partial charge in [-0.1, -0.05) is 65.9 Å². The van der Waals surface area contributed by atoms with Crippen LogP contribution < -0.4 is 27.4 Å². The zero-order chi connectivity index (χ0) is 35.1. The first-order valence-electron chi connectivity index (χ1n) is 15.5. The number of nitrogens with zero attached hydrogens (tertiary/aromatic N) is 2. The minimum absolute atomic E-state index is 0.153. The van der Waals surface area contributed by atoms with Gasteiger partial charge in [0.2, 0.25) is 11.0 Å². The second-order valence-electron chi connectivity index (χ2n) is 11.5.